The van der Waals surface area contributed by atoms with E-state index < -0.39 is 19.0 Å². The molecule has 1 heterocycles. The van der Waals surface area contributed by atoms with Gasteiger partial charge in [-0.2, -0.15) is 17.7 Å². The Morgan fingerprint density at radius 1 is 0.760 bits per heavy atom. The SMILES string of the molecule is C[n+]1cc(C(F)(F)F)ccc1[P+](C)(c1ccccc1)c1ccccc1. The number of nitrogens with zero attached hydrogens (tertiary/aromatic N) is 1. The third-order valence-electron chi connectivity index (χ3n) is 4.44. The van der Waals surface area contributed by atoms with Gasteiger partial charge in [0.15, 0.2) is 13.5 Å². The first kappa shape index (κ1) is 17.6. The Kier molecular flexibility index (Phi) is 4.66. The molecule has 0 fully saturated rings. The van der Waals surface area contributed by atoms with Crippen LogP contribution in [0.15, 0.2) is 79.0 Å². The molecule has 3 rings (SSSR count). The van der Waals surface area contributed by atoms with E-state index in [4.69, 9.17) is 0 Å². The third kappa shape index (κ3) is 3.32. The molecule has 0 N–H and O–H groups in total. The maximum Gasteiger partial charge on any atom is 0.422 e. The molecule has 0 unspecified atom stereocenters. The summed E-state index contributed by atoms with van der Waals surface area (Å²) in [5.41, 5.74) is 0.268. The van der Waals surface area contributed by atoms with Crippen molar-refractivity contribution in [2.75, 3.05) is 6.66 Å². The smallest absolute Gasteiger partial charge is 0.171 e. The van der Waals surface area contributed by atoms with Gasteiger partial charge in [0.2, 0.25) is 0 Å². The summed E-state index contributed by atoms with van der Waals surface area (Å²) in [6, 6.07) is 22.8. The highest BCUT2D eigenvalue weighted by molar-refractivity contribution is 7.94. The lowest BCUT2D eigenvalue weighted by molar-refractivity contribution is -0.654. The predicted octanol–water partition coefficient (Wildman–Crippen LogP) is 3.45. The maximum absolute atomic E-state index is 13.0. The van der Waals surface area contributed by atoms with Gasteiger partial charge >= 0.3 is 11.6 Å². The highest BCUT2D eigenvalue weighted by Crippen LogP contribution is 2.50. The van der Waals surface area contributed by atoms with E-state index in [2.05, 4.69) is 30.9 Å². The van der Waals surface area contributed by atoms with Crippen molar-refractivity contribution in [3.05, 3.63) is 84.6 Å². The van der Waals surface area contributed by atoms with Gasteiger partial charge in [0.1, 0.15) is 23.2 Å². The summed E-state index contributed by atoms with van der Waals surface area (Å²) in [6.07, 6.45) is -3.16. The molecule has 0 aliphatic carbocycles. The molecule has 0 bridgehead atoms. The minimum Gasteiger partial charge on any atom is -0.171 e. The average molecular weight is 361 g/mol. The monoisotopic (exact) mass is 361 g/mol. The Labute approximate surface area is 146 Å². The highest BCUT2D eigenvalue weighted by Gasteiger charge is 2.48. The van der Waals surface area contributed by atoms with Crippen LogP contribution in [0.25, 0.3) is 0 Å². The summed E-state index contributed by atoms with van der Waals surface area (Å²) in [4.78, 5) is 0. The highest BCUT2D eigenvalue weighted by atomic mass is 31.2. The number of pyridine rings is 1. The molecule has 1 nitrogen and oxygen atoms in total. The lowest BCUT2D eigenvalue weighted by Gasteiger charge is -2.20. The predicted molar refractivity (Wildman–Crippen MR) is 97.3 cm³/mol. The molecule has 0 aliphatic heterocycles. The van der Waals surface area contributed by atoms with Gasteiger partial charge in [-0.05, 0) is 30.3 Å². The van der Waals surface area contributed by atoms with Gasteiger partial charge in [0.05, 0.1) is 6.66 Å². The molecule has 0 radical (unpaired) electrons. The number of aryl methyl sites for hydroxylation is 1. The lowest BCUT2D eigenvalue weighted by Crippen LogP contribution is -2.51. The Hall–Kier alpha value is -2.19. The van der Waals surface area contributed by atoms with E-state index >= 15 is 0 Å². The molecule has 0 saturated heterocycles. The molecule has 3 aromatic rings. The first-order chi connectivity index (χ1) is 11.8. The van der Waals surface area contributed by atoms with Crippen LogP contribution in [0, 0.1) is 0 Å². The maximum atomic E-state index is 13.0. The zero-order valence-corrected chi connectivity index (χ0v) is 14.9. The van der Waals surface area contributed by atoms with Crippen molar-refractivity contribution in [1.82, 2.24) is 0 Å². The van der Waals surface area contributed by atoms with E-state index in [1.54, 1.807) is 17.7 Å². The molecule has 128 valence electrons. The van der Waals surface area contributed by atoms with Crippen LogP contribution in [0.1, 0.15) is 5.56 Å². The van der Waals surface area contributed by atoms with E-state index in [1.807, 2.05) is 36.4 Å². The fraction of sp³-hybridized carbons (Fsp3) is 0.150. The van der Waals surface area contributed by atoms with Crippen molar-refractivity contribution in [2.24, 2.45) is 7.05 Å². The van der Waals surface area contributed by atoms with E-state index in [9.17, 15) is 13.2 Å². The molecule has 0 saturated carbocycles. The second-order valence-corrected chi connectivity index (χ2v) is 9.57. The van der Waals surface area contributed by atoms with Gasteiger partial charge in [0.25, 0.3) is 0 Å². The number of aromatic nitrogens is 1. The van der Waals surface area contributed by atoms with Crippen molar-refractivity contribution in [1.29, 1.82) is 0 Å². The number of rotatable bonds is 3. The van der Waals surface area contributed by atoms with Crippen LogP contribution >= 0.6 is 7.26 Å². The normalized spacial score (nSPS) is 12.2. The van der Waals surface area contributed by atoms with E-state index in [0.29, 0.717) is 0 Å². The summed E-state index contributed by atoms with van der Waals surface area (Å²) < 4.78 is 40.7. The van der Waals surface area contributed by atoms with Crippen LogP contribution in [0.4, 0.5) is 13.2 Å². The fourth-order valence-electron chi connectivity index (χ4n) is 3.10. The number of hydrogen-bond donors (Lipinski definition) is 0. The van der Waals surface area contributed by atoms with E-state index in [1.165, 1.54) is 12.3 Å². The Morgan fingerprint density at radius 2 is 1.24 bits per heavy atom. The van der Waals surface area contributed by atoms with Crippen LogP contribution in [0.3, 0.4) is 0 Å². The minimum absolute atomic E-state index is 0.633. The van der Waals surface area contributed by atoms with Gasteiger partial charge in [-0.25, -0.2) is 0 Å². The molecule has 2 aromatic carbocycles. The molecule has 5 heteroatoms. The van der Waals surface area contributed by atoms with Gasteiger partial charge in [-0.1, -0.05) is 36.4 Å². The number of alkyl halides is 3. The largest absolute Gasteiger partial charge is 0.422 e. The second-order valence-electron chi connectivity index (χ2n) is 6.06. The summed E-state index contributed by atoms with van der Waals surface area (Å²) >= 11 is 0. The molecule has 0 amide bonds. The van der Waals surface area contributed by atoms with Crippen molar-refractivity contribution in [3.63, 3.8) is 0 Å². The molecule has 1 aromatic heterocycles. The van der Waals surface area contributed by atoms with E-state index in [0.717, 1.165) is 16.0 Å². The standard InChI is InChI=1S/C20H19F3NP/c1-24-15-16(20(21,22)23)13-14-19(24)25(2,17-9-5-3-6-10-17)18-11-7-4-8-12-18/h3-15H,1-2H3/q+2. The first-order valence-electron chi connectivity index (χ1n) is 7.88. The summed E-state index contributed by atoms with van der Waals surface area (Å²) in [6.45, 7) is 2.15. The molecule has 0 aliphatic rings. The number of benzene rings is 2. The van der Waals surface area contributed by atoms with Crippen molar-refractivity contribution < 1.29 is 17.7 Å². The quantitative estimate of drug-likeness (QED) is 0.497. The van der Waals surface area contributed by atoms with Gasteiger partial charge in [-0.3, -0.25) is 0 Å². The molecule has 25 heavy (non-hydrogen) atoms. The lowest BCUT2D eigenvalue weighted by atomic mass is 10.3. The van der Waals surface area contributed by atoms with Gasteiger partial charge in [0, 0.05) is 6.07 Å². The van der Waals surface area contributed by atoms with Crippen LogP contribution in [-0.2, 0) is 13.2 Å². The molecule has 0 atom stereocenters. The fourth-order valence-corrected chi connectivity index (χ4v) is 6.52. The van der Waals surface area contributed by atoms with Gasteiger partial charge < -0.3 is 0 Å². The Balaban J connectivity index is 2.24. The van der Waals surface area contributed by atoms with Crippen molar-refractivity contribution in [3.8, 4) is 0 Å². The van der Waals surface area contributed by atoms with Crippen molar-refractivity contribution in [2.45, 2.75) is 6.18 Å². The summed E-state index contributed by atoms with van der Waals surface area (Å²) in [5, 5.41) is 2.27. The minimum atomic E-state index is -4.34. The summed E-state index contributed by atoms with van der Waals surface area (Å²) in [5.74, 6) is 0. The van der Waals surface area contributed by atoms with E-state index in [-0.39, 0.29) is 0 Å². The zero-order valence-electron chi connectivity index (χ0n) is 14.0. The topological polar surface area (TPSA) is 3.88 Å². The first-order valence-corrected chi connectivity index (χ1v) is 10.1. The summed E-state index contributed by atoms with van der Waals surface area (Å²) in [7, 11) is -0.351. The van der Waals surface area contributed by atoms with Crippen molar-refractivity contribution >= 4 is 23.3 Å². The molecular formula is C20H19F3NP+2. The van der Waals surface area contributed by atoms with Crippen LogP contribution in [0.5, 0.6) is 0 Å². The number of hydrogen-bond acceptors (Lipinski definition) is 0. The van der Waals surface area contributed by atoms with Crippen LogP contribution in [-0.4, -0.2) is 6.66 Å². The third-order valence-corrected chi connectivity index (χ3v) is 8.48. The average Bonchev–Trinajstić information content (AvgIpc) is 2.62. The molecule has 0 spiro atoms. The second kappa shape index (κ2) is 6.61. The molecular weight excluding hydrogens is 342 g/mol. The zero-order chi connectivity index (χ0) is 18.1. The van der Waals surface area contributed by atoms with Crippen LogP contribution < -0.4 is 20.6 Å². The van der Waals surface area contributed by atoms with Crippen LogP contribution in [0.2, 0.25) is 0 Å². The Bertz CT molecular complexity index is 822. The van der Waals surface area contributed by atoms with Gasteiger partial charge in [-0.15, -0.1) is 0 Å². The Morgan fingerprint density at radius 3 is 1.64 bits per heavy atom. The number of halogens is 3.